The Morgan fingerprint density at radius 2 is 1.77 bits per heavy atom. The Labute approximate surface area is 320 Å². The molecule has 0 bridgehead atoms. The lowest BCUT2D eigenvalue weighted by Crippen LogP contribution is -2.95. The summed E-state index contributed by atoms with van der Waals surface area (Å²) in [5, 5.41) is 26.9. The van der Waals surface area contributed by atoms with Crippen LogP contribution in [-0.2, 0) is 23.7 Å². The molecule has 0 radical (unpaired) electrons. The van der Waals surface area contributed by atoms with Crippen molar-refractivity contribution in [2.24, 2.45) is 70.3 Å². The highest BCUT2D eigenvalue weighted by atomic mass is 16.5. The summed E-state index contributed by atoms with van der Waals surface area (Å²) < 4.78 is 26.1. The fraction of sp³-hybridized carbons (Fsp3) is 0.977. The molecule has 53 heavy (non-hydrogen) atoms. The van der Waals surface area contributed by atoms with Crippen LogP contribution in [0.3, 0.4) is 0 Å². The van der Waals surface area contributed by atoms with Gasteiger partial charge >= 0.3 is 5.97 Å². The van der Waals surface area contributed by atoms with Gasteiger partial charge in [0.2, 0.25) is 0 Å². The summed E-state index contributed by atoms with van der Waals surface area (Å²) in [6.45, 7) is 10.3. The molecule has 2 saturated heterocycles. The summed E-state index contributed by atoms with van der Waals surface area (Å²) in [4.78, 5) is 12.3. The third-order valence-electron chi connectivity index (χ3n) is 16.0. The van der Waals surface area contributed by atoms with E-state index in [-0.39, 0.29) is 59.9 Å². The molecule has 17 unspecified atom stereocenters. The van der Waals surface area contributed by atoms with E-state index in [9.17, 15) is 15.0 Å². The molecule has 0 amide bonds. The van der Waals surface area contributed by atoms with Gasteiger partial charge in [-0.25, -0.2) is 0 Å². The maximum atomic E-state index is 12.3. The molecule has 1 spiro atoms. The normalized spacial score (nSPS) is 46.9. The molecule has 8 N–H and O–H groups in total. The number of nitrogens with two attached hydrogens (primary N) is 3. The van der Waals surface area contributed by atoms with Crippen molar-refractivity contribution in [3.8, 4) is 0 Å². The average Bonchev–Trinajstić information content (AvgIpc) is 3.70. The van der Waals surface area contributed by atoms with E-state index in [1.807, 2.05) is 7.11 Å². The minimum absolute atomic E-state index is 0.000312. The monoisotopic (exact) mass is 748 g/mol. The number of hydrogen-bond donors (Lipinski definition) is 5. The Kier molecular flexibility index (Phi) is 13.5. The molecule has 2 heterocycles. The second kappa shape index (κ2) is 17.7. The Hall–Kier alpha value is -0.850. The van der Waals surface area contributed by atoms with Gasteiger partial charge < -0.3 is 39.8 Å². The van der Waals surface area contributed by atoms with Gasteiger partial charge in [0.25, 0.3) is 0 Å². The molecule has 0 aromatic heterocycles. The Morgan fingerprint density at radius 3 is 2.53 bits per heavy atom. The van der Waals surface area contributed by atoms with Crippen LogP contribution in [-0.4, -0.2) is 98.9 Å². The van der Waals surface area contributed by atoms with E-state index in [0.29, 0.717) is 48.7 Å². The molecule has 7 rings (SSSR count). The number of esters is 1. The van der Waals surface area contributed by atoms with E-state index in [1.54, 1.807) is 0 Å². The zero-order valence-electron chi connectivity index (χ0n) is 33.6. The number of methoxy groups -OCH3 is 1. The van der Waals surface area contributed by atoms with E-state index < -0.39 is 6.10 Å². The van der Waals surface area contributed by atoms with Crippen molar-refractivity contribution < 1.29 is 44.6 Å². The van der Waals surface area contributed by atoms with Gasteiger partial charge in [-0.05, 0) is 143 Å². The predicted octanol–water partition coefficient (Wildman–Crippen LogP) is 2.97. The van der Waals surface area contributed by atoms with Gasteiger partial charge in [0.15, 0.2) is 0 Å². The number of hydrogen-bond acceptors (Lipinski definition) is 8. The van der Waals surface area contributed by atoms with E-state index in [0.717, 1.165) is 76.4 Å². The zero-order chi connectivity index (χ0) is 37.3. The first-order valence-corrected chi connectivity index (χ1v) is 22.2. The highest BCUT2D eigenvalue weighted by Crippen LogP contribution is 2.68. The van der Waals surface area contributed by atoms with Gasteiger partial charge in [-0.2, -0.15) is 0 Å². The molecule has 7 fully saturated rings. The molecular weight excluding hydrogens is 670 g/mol. The third-order valence-corrected chi connectivity index (χ3v) is 16.0. The van der Waals surface area contributed by atoms with Crippen LogP contribution >= 0.6 is 0 Å². The molecule has 5 saturated carbocycles. The maximum Gasteiger partial charge on any atom is 0.302 e. The third kappa shape index (κ3) is 9.00. The number of aliphatic hydroxyl groups excluding tert-OH is 2. The van der Waals surface area contributed by atoms with Gasteiger partial charge in [-0.15, -0.1) is 0 Å². The van der Waals surface area contributed by atoms with Crippen molar-refractivity contribution in [1.82, 2.24) is 0 Å². The zero-order valence-corrected chi connectivity index (χ0v) is 33.6. The van der Waals surface area contributed by atoms with Crippen LogP contribution in [0.1, 0.15) is 117 Å². The quantitative estimate of drug-likeness (QED) is 0.143. The topological polar surface area (TPSA) is 154 Å². The second-order valence-electron chi connectivity index (χ2n) is 19.8. The van der Waals surface area contributed by atoms with Crippen LogP contribution in [0.4, 0.5) is 0 Å². The van der Waals surface area contributed by atoms with Crippen molar-refractivity contribution in [3.63, 3.8) is 0 Å². The number of carbonyl (C=O) groups is 1. The first-order chi connectivity index (χ1) is 25.5. The van der Waals surface area contributed by atoms with Gasteiger partial charge in [-0.3, -0.25) is 10.5 Å². The van der Waals surface area contributed by atoms with Crippen LogP contribution < -0.4 is 16.4 Å². The first kappa shape index (κ1) is 40.4. The highest BCUT2D eigenvalue weighted by Gasteiger charge is 2.65. The van der Waals surface area contributed by atoms with Crippen LogP contribution in [0.15, 0.2) is 0 Å². The molecular formula is C43H77N3O7+2. The first-order valence-electron chi connectivity index (χ1n) is 22.2. The SMILES string of the molecule is COC1CC(O)CC2CC3(CCC(CC4CCC(N)[NH2+]C4)C3)C3C(CCC4C(COC(C)=O)C(C5CCC(O)C(OCC[NH2+]CCC(C)C)C5)OC43)C21. The fourth-order valence-corrected chi connectivity index (χ4v) is 13.8. The number of piperidine rings is 1. The van der Waals surface area contributed by atoms with E-state index in [1.165, 1.54) is 58.3 Å². The summed E-state index contributed by atoms with van der Waals surface area (Å²) in [6.07, 6.45) is 15.9. The molecule has 304 valence electrons. The molecule has 5 aliphatic carbocycles. The minimum Gasteiger partial charge on any atom is -0.465 e. The number of fused-ring (bicyclic) bond motifs is 6. The van der Waals surface area contributed by atoms with Crippen LogP contribution in [0.5, 0.6) is 0 Å². The summed E-state index contributed by atoms with van der Waals surface area (Å²) in [5.74, 6) is 4.72. The number of quaternary nitrogens is 2. The Morgan fingerprint density at radius 1 is 0.943 bits per heavy atom. The predicted molar refractivity (Wildman–Crippen MR) is 202 cm³/mol. The Bertz CT molecular complexity index is 1180. The minimum atomic E-state index is -0.444. The molecule has 17 atom stereocenters. The molecule has 2 aliphatic heterocycles. The van der Waals surface area contributed by atoms with Crippen molar-refractivity contribution in [3.05, 3.63) is 0 Å². The lowest BCUT2D eigenvalue weighted by molar-refractivity contribution is -0.703. The van der Waals surface area contributed by atoms with E-state index in [4.69, 9.17) is 24.7 Å². The summed E-state index contributed by atoms with van der Waals surface area (Å²) in [7, 11) is 1.86. The molecule has 10 heteroatoms. The Balaban J connectivity index is 1.12. The van der Waals surface area contributed by atoms with Crippen LogP contribution in [0.25, 0.3) is 0 Å². The maximum absolute atomic E-state index is 12.3. The molecule has 0 aromatic carbocycles. The lowest BCUT2D eigenvalue weighted by atomic mass is 9.45. The number of carbonyl (C=O) groups excluding carboxylic acids is 1. The van der Waals surface area contributed by atoms with E-state index in [2.05, 4.69) is 24.5 Å². The summed E-state index contributed by atoms with van der Waals surface area (Å²) >= 11 is 0. The van der Waals surface area contributed by atoms with Crippen molar-refractivity contribution in [2.75, 3.05) is 40.0 Å². The van der Waals surface area contributed by atoms with Crippen LogP contribution in [0.2, 0.25) is 0 Å². The largest absolute Gasteiger partial charge is 0.465 e. The molecule has 10 nitrogen and oxygen atoms in total. The van der Waals surface area contributed by atoms with Gasteiger partial charge in [0.1, 0.15) is 6.17 Å². The van der Waals surface area contributed by atoms with Crippen molar-refractivity contribution in [1.29, 1.82) is 0 Å². The van der Waals surface area contributed by atoms with E-state index >= 15 is 0 Å². The number of ether oxygens (including phenoxy) is 4. The molecule has 0 aromatic rings. The fourth-order valence-electron chi connectivity index (χ4n) is 13.8. The standard InChI is InChI=1S/C43H75N3O7/c1-25(2)12-14-45-15-16-51-36-19-29(6-9-35(36)49)41-34(24-52-26(3)47)32-7-8-33-39-30(18-31(48)20-37(39)50-4)22-43(40(33)42(32)53-41)13-11-27(21-43)17-28-5-10-38(44)46-23-28/h25,27-42,45-46,48-49H,5-24,44H2,1-4H3/p+2. The second-order valence-corrected chi connectivity index (χ2v) is 19.8. The van der Waals surface area contributed by atoms with Crippen LogP contribution in [0, 0.1) is 64.6 Å². The molecule has 7 aliphatic rings. The average molecular weight is 748 g/mol. The van der Waals surface area contributed by atoms with Gasteiger partial charge in [0.05, 0.1) is 69.5 Å². The number of rotatable bonds is 13. The summed E-state index contributed by atoms with van der Waals surface area (Å²) in [5.41, 5.74) is 6.48. The van der Waals surface area contributed by atoms with Crippen molar-refractivity contribution in [2.45, 2.75) is 160 Å². The van der Waals surface area contributed by atoms with Crippen molar-refractivity contribution >= 4 is 5.97 Å². The van der Waals surface area contributed by atoms with Gasteiger partial charge in [0, 0.05) is 32.3 Å². The number of aliphatic hydroxyl groups is 2. The highest BCUT2D eigenvalue weighted by molar-refractivity contribution is 5.65. The lowest BCUT2D eigenvalue weighted by Gasteiger charge is -2.61. The van der Waals surface area contributed by atoms with Gasteiger partial charge in [-0.1, -0.05) is 13.8 Å². The smallest absolute Gasteiger partial charge is 0.302 e. The summed E-state index contributed by atoms with van der Waals surface area (Å²) in [6, 6.07) is 0.